The lowest BCUT2D eigenvalue weighted by molar-refractivity contribution is 0.285. The molecule has 1 aromatic carbocycles. The van der Waals surface area contributed by atoms with E-state index in [4.69, 9.17) is 11.6 Å². The Kier molecular flexibility index (Phi) is 4.68. The Morgan fingerprint density at radius 1 is 1.37 bits per heavy atom. The summed E-state index contributed by atoms with van der Waals surface area (Å²) < 4.78 is 0. The van der Waals surface area contributed by atoms with Crippen molar-refractivity contribution in [2.24, 2.45) is 5.92 Å². The van der Waals surface area contributed by atoms with Gasteiger partial charge in [0, 0.05) is 19.6 Å². The summed E-state index contributed by atoms with van der Waals surface area (Å²) in [5, 5.41) is 9.78. The molecule has 1 fully saturated rings. The van der Waals surface area contributed by atoms with Gasteiger partial charge in [0.2, 0.25) is 0 Å². The first-order valence-corrected chi connectivity index (χ1v) is 7.08. The Morgan fingerprint density at radius 3 is 2.63 bits per heavy atom. The van der Waals surface area contributed by atoms with Gasteiger partial charge in [0.05, 0.1) is 16.3 Å². The molecule has 2 rings (SSSR count). The summed E-state index contributed by atoms with van der Waals surface area (Å²) in [6, 6.07) is 7.92. The summed E-state index contributed by atoms with van der Waals surface area (Å²) in [4.78, 5) is 4.54. The number of piperidine rings is 1. The van der Waals surface area contributed by atoms with Crippen molar-refractivity contribution < 1.29 is 0 Å². The van der Waals surface area contributed by atoms with Gasteiger partial charge in [0.1, 0.15) is 6.07 Å². The Balaban J connectivity index is 2.06. The summed E-state index contributed by atoms with van der Waals surface area (Å²) in [7, 11) is 4.24. The first-order valence-electron chi connectivity index (χ1n) is 6.70. The minimum absolute atomic E-state index is 0.551. The second-order valence-corrected chi connectivity index (χ2v) is 5.85. The van der Waals surface area contributed by atoms with E-state index >= 15 is 0 Å². The van der Waals surface area contributed by atoms with E-state index in [0.29, 0.717) is 10.6 Å². The Bertz CT molecular complexity index is 471. The number of halogens is 1. The zero-order valence-electron chi connectivity index (χ0n) is 11.6. The molecule has 102 valence electrons. The standard InChI is InChI=1S/C15H20ClN3/c1-18(2)11-12-6-8-19(9-7-12)15-5-3-4-14(16)13(15)10-17/h3-5,12H,6-9,11H2,1-2H3. The molecule has 19 heavy (non-hydrogen) atoms. The van der Waals surface area contributed by atoms with Crippen molar-refractivity contribution in [1.29, 1.82) is 5.26 Å². The Morgan fingerprint density at radius 2 is 2.05 bits per heavy atom. The van der Waals surface area contributed by atoms with Crippen LogP contribution in [0.1, 0.15) is 18.4 Å². The van der Waals surface area contributed by atoms with Crippen LogP contribution in [0.5, 0.6) is 0 Å². The lowest BCUT2D eigenvalue weighted by Crippen LogP contribution is -2.37. The predicted octanol–water partition coefficient (Wildman–Crippen LogP) is 2.99. The van der Waals surface area contributed by atoms with Crippen molar-refractivity contribution in [3.05, 3.63) is 28.8 Å². The number of rotatable bonds is 3. The fourth-order valence-corrected chi connectivity index (χ4v) is 2.97. The lowest BCUT2D eigenvalue weighted by Gasteiger charge is -2.35. The van der Waals surface area contributed by atoms with Crippen molar-refractivity contribution in [2.45, 2.75) is 12.8 Å². The SMILES string of the molecule is CN(C)CC1CCN(c2cccc(Cl)c2C#N)CC1. The van der Waals surface area contributed by atoms with Crippen LogP contribution in [0.4, 0.5) is 5.69 Å². The third-order valence-electron chi connectivity index (χ3n) is 3.68. The largest absolute Gasteiger partial charge is 0.370 e. The van der Waals surface area contributed by atoms with Gasteiger partial charge in [-0.15, -0.1) is 0 Å². The maximum Gasteiger partial charge on any atom is 0.103 e. The number of nitrogens with zero attached hydrogens (tertiary/aromatic N) is 3. The van der Waals surface area contributed by atoms with Crippen LogP contribution in [-0.2, 0) is 0 Å². The molecule has 0 N–H and O–H groups in total. The van der Waals surface area contributed by atoms with E-state index in [1.165, 1.54) is 12.8 Å². The van der Waals surface area contributed by atoms with Crippen molar-refractivity contribution in [3.8, 4) is 6.07 Å². The number of nitriles is 1. The molecule has 1 aliphatic rings. The predicted molar refractivity (Wildman–Crippen MR) is 79.7 cm³/mol. The molecule has 1 saturated heterocycles. The van der Waals surface area contributed by atoms with Crippen molar-refractivity contribution >= 4 is 17.3 Å². The van der Waals surface area contributed by atoms with Gasteiger partial charge in [-0.2, -0.15) is 5.26 Å². The third-order valence-corrected chi connectivity index (χ3v) is 4.00. The van der Waals surface area contributed by atoms with Crippen LogP contribution in [0.15, 0.2) is 18.2 Å². The van der Waals surface area contributed by atoms with E-state index in [-0.39, 0.29) is 0 Å². The van der Waals surface area contributed by atoms with Gasteiger partial charge in [-0.05, 0) is 45.0 Å². The van der Waals surface area contributed by atoms with Crippen molar-refractivity contribution in [3.63, 3.8) is 0 Å². The maximum absolute atomic E-state index is 9.23. The lowest BCUT2D eigenvalue weighted by atomic mass is 9.95. The fraction of sp³-hybridized carbons (Fsp3) is 0.533. The summed E-state index contributed by atoms with van der Waals surface area (Å²) in [5.74, 6) is 0.760. The van der Waals surface area contributed by atoms with Crippen LogP contribution in [0.2, 0.25) is 5.02 Å². The first kappa shape index (κ1) is 14.2. The molecule has 1 heterocycles. The van der Waals surface area contributed by atoms with Crippen LogP contribution in [0, 0.1) is 17.2 Å². The average molecular weight is 278 g/mol. The smallest absolute Gasteiger partial charge is 0.103 e. The minimum Gasteiger partial charge on any atom is -0.370 e. The molecule has 0 aliphatic carbocycles. The number of benzene rings is 1. The number of hydrogen-bond donors (Lipinski definition) is 0. The number of anilines is 1. The summed E-state index contributed by atoms with van der Waals surface area (Å²) >= 11 is 6.09. The van der Waals surface area contributed by atoms with E-state index in [2.05, 4.69) is 30.0 Å². The highest BCUT2D eigenvalue weighted by molar-refractivity contribution is 6.32. The molecule has 0 saturated carbocycles. The van der Waals surface area contributed by atoms with E-state index in [9.17, 15) is 5.26 Å². The zero-order valence-corrected chi connectivity index (χ0v) is 12.3. The molecule has 0 amide bonds. The molecule has 0 unspecified atom stereocenters. The van der Waals surface area contributed by atoms with Crippen LogP contribution in [0.3, 0.4) is 0 Å². The van der Waals surface area contributed by atoms with Gasteiger partial charge in [0.25, 0.3) is 0 Å². The molecule has 0 spiro atoms. The Hall–Kier alpha value is -1.24. The van der Waals surface area contributed by atoms with Gasteiger partial charge < -0.3 is 9.80 Å². The maximum atomic E-state index is 9.23. The fourth-order valence-electron chi connectivity index (χ4n) is 2.76. The van der Waals surface area contributed by atoms with Gasteiger partial charge in [-0.25, -0.2) is 0 Å². The molecular formula is C15H20ClN3. The van der Waals surface area contributed by atoms with Gasteiger partial charge in [0.15, 0.2) is 0 Å². The molecule has 1 aromatic rings. The molecule has 4 heteroatoms. The molecule has 0 aromatic heterocycles. The second-order valence-electron chi connectivity index (χ2n) is 5.44. The third kappa shape index (κ3) is 3.40. The van der Waals surface area contributed by atoms with Crippen LogP contribution in [0.25, 0.3) is 0 Å². The normalized spacial score (nSPS) is 16.7. The number of hydrogen-bond acceptors (Lipinski definition) is 3. The quantitative estimate of drug-likeness (QED) is 0.851. The van der Waals surface area contributed by atoms with Crippen LogP contribution in [-0.4, -0.2) is 38.6 Å². The monoisotopic (exact) mass is 277 g/mol. The highest BCUT2D eigenvalue weighted by Crippen LogP contribution is 2.30. The van der Waals surface area contributed by atoms with E-state index < -0.39 is 0 Å². The highest BCUT2D eigenvalue weighted by atomic mass is 35.5. The van der Waals surface area contributed by atoms with Crippen molar-refractivity contribution in [1.82, 2.24) is 4.90 Å². The molecule has 1 aliphatic heterocycles. The van der Waals surface area contributed by atoms with E-state index in [0.717, 1.165) is 31.2 Å². The zero-order chi connectivity index (χ0) is 13.8. The molecule has 0 bridgehead atoms. The summed E-state index contributed by atoms with van der Waals surface area (Å²) in [5.41, 5.74) is 1.59. The molecule has 0 atom stereocenters. The average Bonchev–Trinajstić information content (AvgIpc) is 2.38. The first-order chi connectivity index (χ1) is 9.11. The van der Waals surface area contributed by atoms with Crippen LogP contribution < -0.4 is 4.90 Å². The van der Waals surface area contributed by atoms with Gasteiger partial charge in [-0.1, -0.05) is 17.7 Å². The van der Waals surface area contributed by atoms with Crippen molar-refractivity contribution in [2.75, 3.05) is 38.6 Å². The second kappa shape index (κ2) is 6.27. The topological polar surface area (TPSA) is 30.3 Å². The molecule has 3 nitrogen and oxygen atoms in total. The minimum atomic E-state index is 0.551. The molecule has 0 radical (unpaired) electrons. The molecular weight excluding hydrogens is 258 g/mol. The van der Waals surface area contributed by atoms with E-state index in [1.807, 2.05) is 12.1 Å². The van der Waals surface area contributed by atoms with Gasteiger partial charge >= 0.3 is 0 Å². The summed E-state index contributed by atoms with van der Waals surface area (Å²) in [6.45, 7) is 3.16. The Labute approximate surface area is 120 Å². The van der Waals surface area contributed by atoms with Crippen LogP contribution >= 0.6 is 11.6 Å². The highest BCUT2D eigenvalue weighted by Gasteiger charge is 2.22. The van der Waals surface area contributed by atoms with E-state index in [1.54, 1.807) is 6.07 Å². The summed E-state index contributed by atoms with van der Waals surface area (Å²) in [6.07, 6.45) is 2.35. The van der Waals surface area contributed by atoms with Gasteiger partial charge in [-0.3, -0.25) is 0 Å².